The van der Waals surface area contributed by atoms with Gasteiger partial charge < -0.3 is 5.32 Å². The molecule has 5 heteroatoms. The van der Waals surface area contributed by atoms with Gasteiger partial charge in [-0.05, 0) is 31.7 Å². The van der Waals surface area contributed by atoms with Crippen LogP contribution in [0.5, 0.6) is 0 Å². The molecule has 1 atom stereocenters. The van der Waals surface area contributed by atoms with E-state index in [1.54, 1.807) is 11.8 Å². The zero-order valence-corrected chi connectivity index (χ0v) is 11.1. The second kappa shape index (κ2) is 6.47. The lowest BCUT2D eigenvalue weighted by molar-refractivity contribution is 0.430. The molecule has 0 unspecified atom stereocenters. The lowest BCUT2D eigenvalue weighted by Crippen LogP contribution is -2.35. The second-order valence-corrected chi connectivity index (χ2v) is 5.65. The molecule has 0 amide bonds. The SMILES string of the molecule is CSc1nccc(SC[C@@H]2CCCCN2)n1. The Kier molecular flexibility index (Phi) is 4.93. The highest BCUT2D eigenvalue weighted by atomic mass is 32.2. The van der Waals surface area contributed by atoms with Crippen LogP contribution in [0.3, 0.4) is 0 Å². The van der Waals surface area contributed by atoms with Crippen LogP contribution in [0.1, 0.15) is 19.3 Å². The number of hydrogen-bond acceptors (Lipinski definition) is 5. The predicted octanol–water partition coefficient (Wildman–Crippen LogP) is 2.43. The van der Waals surface area contributed by atoms with Gasteiger partial charge in [-0.15, -0.1) is 11.8 Å². The van der Waals surface area contributed by atoms with Crippen molar-refractivity contribution in [2.45, 2.75) is 35.5 Å². The van der Waals surface area contributed by atoms with Crippen LogP contribution in [0.15, 0.2) is 22.4 Å². The van der Waals surface area contributed by atoms with E-state index in [2.05, 4.69) is 15.3 Å². The first-order valence-corrected chi connectivity index (χ1v) is 7.83. The fourth-order valence-corrected chi connectivity index (χ4v) is 3.13. The lowest BCUT2D eigenvalue weighted by atomic mass is 10.1. The summed E-state index contributed by atoms with van der Waals surface area (Å²) in [6, 6.07) is 2.65. The number of aromatic nitrogens is 2. The van der Waals surface area contributed by atoms with E-state index >= 15 is 0 Å². The van der Waals surface area contributed by atoms with Crippen molar-refractivity contribution in [2.75, 3.05) is 18.6 Å². The molecule has 0 spiro atoms. The highest BCUT2D eigenvalue weighted by Gasteiger charge is 2.12. The summed E-state index contributed by atoms with van der Waals surface area (Å²) in [7, 11) is 0. The number of rotatable bonds is 4. The van der Waals surface area contributed by atoms with E-state index in [0.717, 1.165) is 15.9 Å². The molecule has 0 saturated carbocycles. The number of piperidine rings is 1. The van der Waals surface area contributed by atoms with Gasteiger partial charge in [0, 0.05) is 18.0 Å². The third kappa shape index (κ3) is 3.64. The Labute approximate surface area is 105 Å². The first-order valence-electron chi connectivity index (χ1n) is 5.61. The average Bonchev–Trinajstić information content (AvgIpc) is 2.38. The van der Waals surface area contributed by atoms with Crippen molar-refractivity contribution in [3.8, 4) is 0 Å². The van der Waals surface area contributed by atoms with Gasteiger partial charge in [0.05, 0.1) is 0 Å². The monoisotopic (exact) mass is 255 g/mol. The van der Waals surface area contributed by atoms with Gasteiger partial charge in [-0.3, -0.25) is 0 Å². The van der Waals surface area contributed by atoms with Gasteiger partial charge in [0.1, 0.15) is 5.03 Å². The summed E-state index contributed by atoms with van der Waals surface area (Å²) in [5, 5.41) is 5.50. The van der Waals surface area contributed by atoms with Crippen molar-refractivity contribution in [1.29, 1.82) is 0 Å². The van der Waals surface area contributed by atoms with Crippen LogP contribution in [-0.4, -0.2) is 34.6 Å². The highest BCUT2D eigenvalue weighted by Crippen LogP contribution is 2.20. The highest BCUT2D eigenvalue weighted by molar-refractivity contribution is 7.99. The van der Waals surface area contributed by atoms with Gasteiger partial charge in [-0.25, -0.2) is 9.97 Å². The first-order chi connectivity index (χ1) is 7.88. The van der Waals surface area contributed by atoms with E-state index in [-0.39, 0.29) is 0 Å². The van der Waals surface area contributed by atoms with Crippen LogP contribution >= 0.6 is 23.5 Å². The number of nitrogens with one attached hydrogen (secondary N) is 1. The quantitative estimate of drug-likeness (QED) is 0.508. The molecule has 16 heavy (non-hydrogen) atoms. The Morgan fingerprint density at radius 3 is 3.19 bits per heavy atom. The minimum atomic E-state index is 0.659. The fourth-order valence-electron chi connectivity index (χ4n) is 1.76. The van der Waals surface area contributed by atoms with E-state index in [1.165, 1.54) is 25.8 Å². The molecule has 3 nitrogen and oxygen atoms in total. The van der Waals surface area contributed by atoms with Crippen molar-refractivity contribution in [2.24, 2.45) is 0 Å². The molecule has 1 aliphatic rings. The molecule has 0 aromatic carbocycles. The van der Waals surface area contributed by atoms with Gasteiger partial charge in [0.25, 0.3) is 0 Å². The van der Waals surface area contributed by atoms with Crippen molar-refractivity contribution >= 4 is 23.5 Å². The summed E-state index contributed by atoms with van der Waals surface area (Å²) in [5.41, 5.74) is 0. The topological polar surface area (TPSA) is 37.8 Å². The molecule has 1 saturated heterocycles. The Morgan fingerprint density at radius 1 is 1.50 bits per heavy atom. The van der Waals surface area contributed by atoms with Crippen LogP contribution in [0.2, 0.25) is 0 Å². The average molecular weight is 255 g/mol. The molecule has 2 heterocycles. The zero-order chi connectivity index (χ0) is 11.2. The molecular weight excluding hydrogens is 238 g/mol. The van der Waals surface area contributed by atoms with Crippen LogP contribution in [0.25, 0.3) is 0 Å². The van der Waals surface area contributed by atoms with Crippen LogP contribution in [-0.2, 0) is 0 Å². The molecule has 0 bridgehead atoms. The zero-order valence-electron chi connectivity index (χ0n) is 9.48. The maximum absolute atomic E-state index is 4.46. The van der Waals surface area contributed by atoms with Gasteiger partial charge in [0.15, 0.2) is 5.16 Å². The molecule has 1 N–H and O–H groups in total. The summed E-state index contributed by atoms with van der Waals surface area (Å²) in [5.74, 6) is 1.12. The van der Waals surface area contributed by atoms with Crippen LogP contribution in [0, 0.1) is 0 Å². The van der Waals surface area contributed by atoms with Crippen LogP contribution < -0.4 is 5.32 Å². The summed E-state index contributed by atoms with van der Waals surface area (Å²) < 4.78 is 0. The molecule has 1 fully saturated rings. The summed E-state index contributed by atoms with van der Waals surface area (Å²) in [6.07, 6.45) is 7.83. The second-order valence-electron chi connectivity index (χ2n) is 3.84. The Morgan fingerprint density at radius 2 is 2.44 bits per heavy atom. The minimum Gasteiger partial charge on any atom is -0.313 e. The van der Waals surface area contributed by atoms with Gasteiger partial charge in [-0.1, -0.05) is 18.2 Å². The van der Waals surface area contributed by atoms with Gasteiger partial charge in [0.2, 0.25) is 0 Å². The normalized spacial score (nSPS) is 20.9. The fraction of sp³-hybridized carbons (Fsp3) is 0.636. The van der Waals surface area contributed by atoms with Gasteiger partial charge >= 0.3 is 0 Å². The maximum atomic E-state index is 4.46. The number of hydrogen-bond donors (Lipinski definition) is 1. The van der Waals surface area contributed by atoms with Crippen molar-refractivity contribution in [3.63, 3.8) is 0 Å². The Bertz CT molecular complexity index is 327. The smallest absolute Gasteiger partial charge is 0.188 e. The third-order valence-corrected chi connectivity index (χ3v) is 4.29. The van der Waals surface area contributed by atoms with Crippen molar-refractivity contribution in [1.82, 2.24) is 15.3 Å². The van der Waals surface area contributed by atoms with E-state index < -0.39 is 0 Å². The van der Waals surface area contributed by atoms with Crippen molar-refractivity contribution < 1.29 is 0 Å². The Balaban J connectivity index is 1.83. The molecule has 1 aromatic rings. The summed E-state index contributed by atoms with van der Waals surface area (Å²) in [6.45, 7) is 1.17. The molecule has 0 radical (unpaired) electrons. The number of nitrogens with zero attached hydrogens (tertiary/aromatic N) is 2. The minimum absolute atomic E-state index is 0.659. The molecule has 0 aliphatic carbocycles. The molecule has 2 rings (SSSR count). The predicted molar refractivity (Wildman–Crippen MR) is 70.2 cm³/mol. The molecule has 1 aromatic heterocycles. The molecular formula is C11H17N3S2. The Hall–Kier alpha value is -0.260. The first kappa shape index (κ1) is 12.2. The van der Waals surface area contributed by atoms with Gasteiger partial charge in [-0.2, -0.15) is 0 Å². The van der Waals surface area contributed by atoms with E-state index in [0.29, 0.717) is 6.04 Å². The molecule has 88 valence electrons. The van der Waals surface area contributed by atoms with E-state index in [9.17, 15) is 0 Å². The summed E-state index contributed by atoms with van der Waals surface area (Å²) >= 11 is 3.42. The summed E-state index contributed by atoms with van der Waals surface area (Å²) in [4.78, 5) is 8.64. The number of thioether (sulfide) groups is 2. The van der Waals surface area contributed by atoms with E-state index in [1.807, 2.05) is 30.3 Å². The third-order valence-electron chi connectivity index (χ3n) is 2.64. The van der Waals surface area contributed by atoms with Crippen molar-refractivity contribution in [3.05, 3.63) is 12.3 Å². The standard InChI is InChI=1S/C11H17N3S2/c1-15-11-13-7-5-10(14-11)16-8-9-4-2-3-6-12-9/h5,7,9,12H,2-4,6,8H2,1H3/t9-/m0/s1. The maximum Gasteiger partial charge on any atom is 0.188 e. The largest absolute Gasteiger partial charge is 0.313 e. The molecule has 1 aliphatic heterocycles. The lowest BCUT2D eigenvalue weighted by Gasteiger charge is -2.22. The van der Waals surface area contributed by atoms with E-state index in [4.69, 9.17) is 0 Å². The van der Waals surface area contributed by atoms with Crippen LogP contribution in [0.4, 0.5) is 0 Å².